The number of benzene rings is 2. The molecule has 0 aliphatic heterocycles. The Kier molecular flexibility index (Phi) is 4.44. The molecular formula is C17H15FN4O4. The number of imidazole rings is 1. The molecule has 26 heavy (non-hydrogen) atoms. The van der Waals surface area contributed by atoms with E-state index in [0.717, 1.165) is 12.1 Å². The lowest BCUT2D eigenvalue weighted by Gasteiger charge is -2.14. The van der Waals surface area contributed by atoms with Gasteiger partial charge >= 0.3 is 11.7 Å². The quantitative estimate of drug-likeness (QED) is 0.417. The van der Waals surface area contributed by atoms with Crippen molar-refractivity contribution in [3.8, 4) is 0 Å². The molecule has 5 N–H and O–H groups in total. The largest absolute Gasteiger partial charge is 0.449 e. The van der Waals surface area contributed by atoms with Crippen LogP contribution in [0.2, 0.25) is 0 Å². The third kappa shape index (κ3) is 3.56. The second-order valence-corrected chi connectivity index (χ2v) is 5.61. The summed E-state index contributed by atoms with van der Waals surface area (Å²) in [5.74, 6) is -1.99. The van der Waals surface area contributed by atoms with E-state index in [4.69, 9.17) is 10.5 Å². The van der Waals surface area contributed by atoms with E-state index < -0.39 is 23.8 Å². The second kappa shape index (κ2) is 6.71. The number of hydrogen-bond donors (Lipinski definition) is 4. The summed E-state index contributed by atoms with van der Waals surface area (Å²) < 4.78 is 18.1. The lowest BCUT2D eigenvalue weighted by molar-refractivity contribution is -0.123. The standard InChI is InChI=1S/C17H15FN4O4/c1-8(26-16(24)11-4-2-9(18)6-12(11)19)15(23)20-10-3-5-13-14(7-10)22-17(25)21-13/h2-8H,19H2,1H3,(H,20,23)(H2,21,22,25)/t8-/m1/s1. The Bertz CT molecular complexity index is 1060. The van der Waals surface area contributed by atoms with Gasteiger partial charge in [0, 0.05) is 11.4 Å². The monoisotopic (exact) mass is 358 g/mol. The van der Waals surface area contributed by atoms with Gasteiger partial charge in [-0.05, 0) is 43.3 Å². The van der Waals surface area contributed by atoms with Crippen molar-refractivity contribution in [2.75, 3.05) is 11.1 Å². The number of anilines is 2. The molecule has 1 atom stereocenters. The molecule has 8 nitrogen and oxygen atoms in total. The highest BCUT2D eigenvalue weighted by atomic mass is 19.1. The molecule has 0 aliphatic carbocycles. The van der Waals surface area contributed by atoms with Gasteiger partial charge in [0.15, 0.2) is 6.10 Å². The summed E-state index contributed by atoms with van der Waals surface area (Å²) >= 11 is 0. The van der Waals surface area contributed by atoms with Gasteiger partial charge in [0.25, 0.3) is 5.91 Å². The van der Waals surface area contributed by atoms with Crippen molar-refractivity contribution in [1.82, 2.24) is 9.97 Å². The van der Waals surface area contributed by atoms with Crippen molar-refractivity contribution in [3.63, 3.8) is 0 Å². The van der Waals surface area contributed by atoms with Gasteiger partial charge in [0.1, 0.15) is 5.82 Å². The zero-order valence-electron chi connectivity index (χ0n) is 13.6. The molecule has 0 saturated heterocycles. The van der Waals surface area contributed by atoms with E-state index in [2.05, 4.69) is 15.3 Å². The highest BCUT2D eigenvalue weighted by Gasteiger charge is 2.21. The van der Waals surface area contributed by atoms with Crippen molar-refractivity contribution in [3.05, 3.63) is 58.3 Å². The molecule has 1 aromatic heterocycles. The smallest absolute Gasteiger partial charge is 0.341 e. The Morgan fingerprint density at radius 1 is 1.15 bits per heavy atom. The molecule has 0 unspecified atom stereocenters. The molecule has 0 radical (unpaired) electrons. The molecule has 2 aromatic carbocycles. The van der Waals surface area contributed by atoms with Crippen LogP contribution < -0.4 is 16.7 Å². The third-order valence-corrected chi connectivity index (χ3v) is 3.67. The summed E-state index contributed by atoms with van der Waals surface area (Å²) in [4.78, 5) is 40.7. The fraction of sp³-hybridized carbons (Fsp3) is 0.118. The second-order valence-electron chi connectivity index (χ2n) is 5.61. The summed E-state index contributed by atoms with van der Waals surface area (Å²) in [6, 6.07) is 8.04. The number of halogens is 1. The number of nitrogens with two attached hydrogens (primary N) is 1. The summed E-state index contributed by atoms with van der Waals surface area (Å²) in [5.41, 5.74) is 6.65. The van der Waals surface area contributed by atoms with Crippen LogP contribution in [-0.4, -0.2) is 27.9 Å². The number of carbonyl (C=O) groups excluding carboxylic acids is 2. The van der Waals surface area contributed by atoms with Crippen molar-refractivity contribution >= 4 is 34.3 Å². The van der Waals surface area contributed by atoms with Gasteiger partial charge in [-0.3, -0.25) is 4.79 Å². The number of fused-ring (bicyclic) bond motifs is 1. The van der Waals surface area contributed by atoms with E-state index in [9.17, 15) is 18.8 Å². The molecule has 0 bridgehead atoms. The number of hydrogen-bond acceptors (Lipinski definition) is 5. The maximum absolute atomic E-state index is 13.0. The maximum atomic E-state index is 13.0. The van der Waals surface area contributed by atoms with Gasteiger partial charge in [0.05, 0.1) is 16.6 Å². The number of nitrogens with one attached hydrogen (secondary N) is 3. The lowest BCUT2D eigenvalue weighted by Crippen LogP contribution is -2.30. The molecule has 3 aromatic rings. The van der Waals surface area contributed by atoms with Gasteiger partial charge in [0.2, 0.25) is 0 Å². The average Bonchev–Trinajstić information content (AvgIpc) is 2.93. The van der Waals surface area contributed by atoms with E-state index in [1.165, 1.54) is 13.0 Å². The molecule has 1 heterocycles. The number of nitrogen functional groups attached to an aromatic ring is 1. The van der Waals surface area contributed by atoms with Gasteiger partial charge < -0.3 is 25.8 Å². The predicted molar refractivity (Wildman–Crippen MR) is 93.2 cm³/mol. The van der Waals surface area contributed by atoms with Gasteiger partial charge in [-0.15, -0.1) is 0 Å². The van der Waals surface area contributed by atoms with Crippen LogP contribution in [0.5, 0.6) is 0 Å². The Morgan fingerprint density at radius 2 is 1.88 bits per heavy atom. The Hall–Kier alpha value is -3.62. The van der Waals surface area contributed by atoms with E-state index >= 15 is 0 Å². The topological polar surface area (TPSA) is 130 Å². The van der Waals surface area contributed by atoms with Crippen molar-refractivity contribution in [2.45, 2.75) is 13.0 Å². The van der Waals surface area contributed by atoms with Gasteiger partial charge in [-0.1, -0.05) is 0 Å². The number of amides is 1. The number of carbonyl (C=O) groups is 2. The number of rotatable bonds is 4. The van der Waals surface area contributed by atoms with Crippen LogP contribution in [0.1, 0.15) is 17.3 Å². The molecule has 9 heteroatoms. The molecular weight excluding hydrogens is 343 g/mol. The third-order valence-electron chi connectivity index (χ3n) is 3.67. The molecule has 134 valence electrons. The Morgan fingerprint density at radius 3 is 2.62 bits per heavy atom. The van der Waals surface area contributed by atoms with Crippen molar-refractivity contribution in [2.24, 2.45) is 0 Å². The number of H-pyrrole nitrogens is 2. The highest BCUT2D eigenvalue weighted by Crippen LogP contribution is 2.17. The minimum atomic E-state index is -1.12. The van der Waals surface area contributed by atoms with E-state index in [-0.39, 0.29) is 16.9 Å². The molecule has 3 rings (SSSR count). The highest BCUT2D eigenvalue weighted by molar-refractivity contribution is 6.00. The number of esters is 1. The van der Waals surface area contributed by atoms with E-state index in [0.29, 0.717) is 16.7 Å². The summed E-state index contributed by atoms with van der Waals surface area (Å²) in [7, 11) is 0. The summed E-state index contributed by atoms with van der Waals surface area (Å²) in [6.45, 7) is 1.39. The Balaban J connectivity index is 1.68. The van der Waals surface area contributed by atoms with Crippen molar-refractivity contribution in [1.29, 1.82) is 0 Å². The van der Waals surface area contributed by atoms with Crippen LogP contribution in [0.15, 0.2) is 41.2 Å². The fourth-order valence-corrected chi connectivity index (χ4v) is 2.35. The zero-order valence-corrected chi connectivity index (χ0v) is 13.6. The van der Waals surface area contributed by atoms with E-state index in [1.807, 2.05) is 0 Å². The minimum Gasteiger partial charge on any atom is -0.449 e. The van der Waals surface area contributed by atoms with Crippen LogP contribution in [0.25, 0.3) is 11.0 Å². The minimum absolute atomic E-state index is 0.0302. The molecule has 0 spiro atoms. The number of aromatic nitrogens is 2. The lowest BCUT2D eigenvalue weighted by atomic mass is 10.2. The average molecular weight is 358 g/mol. The Labute approximate surface area is 146 Å². The van der Waals surface area contributed by atoms with Crippen LogP contribution in [-0.2, 0) is 9.53 Å². The van der Waals surface area contributed by atoms with E-state index in [1.54, 1.807) is 18.2 Å². The van der Waals surface area contributed by atoms with Crippen molar-refractivity contribution < 1.29 is 18.7 Å². The first-order chi connectivity index (χ1) is 12.3. The van der Waals surface area contributed by atoms with Crippen LogP contribution in [0, 0.1) is 5.82 Å². The number of ether oxygens (including phenoxy) is 1. The van der Waals surface area contributed by atoms with Crippen LogP contribution >= 0.6 is 0 Å². The normalized spacial score (nSPS) is 11.9. The SMILES string of the molecule is C[C@@H](OC(=O)c1ccc(F)cc1N)C(=O)Nc1ccc2[nH]c(=O)[nH]c2c1. The predicted octanol–water partition coefficient (Wildman–Crippen LogP) is 1.76. The van der Waals surface area contributed by atoms with Crippen LogP contribution in [0.4, 0.5) is 15.8 Å². The first kappa shape index (κ1) is 17.2. The first-order valence-corrected chi connectivity index (χ1v) is 7.62. The molecule has 0 saturated carbocycles. The summed E-state index contributed by atoms with van der Waals surface area (Å²) in [5, 5.41) is 2.58. The maximum Gasteiger partial charge on any atom is 0.341 e. The zero-order chi connectivity index (χ0) is 18.8. The van der Waals surface area contributed by atoms with Gasteiger partial charge in [-0.25, -0.2) is 14.0 Å². The fourth-order valence-electron chi connectivity index (χ4n) is 2.35. The summed E-state index contributed by atoms with van der Waals surface area (Å²) in [6.07, 6.45) is -1.12. The van der Waals surface area contributed by atoms with Gasteiger partial charge in [-0.2, -0.15) is 0 Å². The number of aromatic amines is 2. The molecule has 0 fully saturated rings. The molecule has 1 amide bonds. The van der Waals surface area contributed by atoms with Crippen LogP contribution in [0.3, 0.4) is 0 Å². The molecule has 0 aliphatic rings. The first-order valence-electron chi connectivity index (χ1n) is 7.62.